The lowest BCUT2D eigenvalue weighted by Crippen LogP contribution is -2.43. The number of fused-ring (bicyclic) bond motifs is 2. The minimum absolute atomic E-state index is 0.0648. The van der Waals surface area contributed by atoms with Crippen molar-refractivity contribution in [1.29, 1.82) is 0 Å². The fourth-order valence-electron chi connectivity index (χ4n) is 3.57. The second-order valence-corrected chi connectivity index (χ2v) is 6.85. The Labute approximate surface area is 158 Å². The first-order chi connectivity index (χ1) is 13.6. The molecule has 1 aliphatic heterocycles. The zero-order valence-corrected chi connectivity index (χ0v) is 15.2. The largest absolute Gasteiger partial charge is 0.435 e. The van der Waals surface area contributed by atoms with Gasteiger partial charge in [0, 0.05) is 44.1 Å². The summed E-state index contributed by atoms with van der Waals surface area (Å²) in [6, 6.07) is 4.56. The lowest BCUT2D eigenvalue weighted by Gasteiger charge is -2.29. The minimum atomic E-state index is -0.521. The summed E-state index contributed by atoms with van der Waals surface area (Å²) in [6.07, 6.45) is 3.28. The van der Waals surface area contributed by atoms with E-state index in [0.29, 0.717) is 11.2 Å². The molecule has 3 aromatic heterocycles. The number of nitrogens with zero attached hydrogens (tertiary/aromatic N) is 4. The van der Waals surface area contributed by atoms with Gasteiger partial charge in [-0.2, -0.15) is 0 Å². The number of anilines is 1. The Bertz CT molecular complexity index is 1180. The Balaban J connectivity index is 1.51. The number of piperazine rings is 1. The summed E-state index contributed by atoms with van der Waals surface area (Å²) in [5.74, 6) is -0.682. The molecule has 7 nitrogen and oxygen atoms in total. The number of aryl methyl sites for hydroxylation is 1. The number of H-pyrrole nitrogens is 1. The number of imidazole rings is 1. The van der Waals surface area contributed by atoms with Gasteiger partial charge in [0.05, 0.1) is 22.8 Å². The summed E-state index contributed by atoms with van der Waals surface area (Å²) in [6.45, 7) is 5.12. The minimum Gasteiger partial charge on any atom is -0.435 e. The molecule has 1 saturated heterocycles. The van der Waals surface area contributed by atoms with Crippen LogP contribution in [0.4, 0.5) is 14.5 Å². The molecule has 0 spiro atoms. The van der Waals surface area contributed by atoms with Gasteiger partial charge >= 0.3 is 0 Å². The van der Waals surface area contributed by atoms with Crippen molar-refractivity contribution in [2.45, 2.75) is 6.92 Å². The number of aromatic nitrogens is 4. The number of pyridine rings is 1. The van der Waals surface area contributed by atoms with Crippen LogP contribution < -0.4 is 15.0 Å². The molecule has 2 N–H and O–H groups in total. The first-order valence-electron chi connectivity index (χ1n) is 9.04. The number of rotatable bonds is 3. The molecule has 0 amide bonds. The van der Waals surface area contributed by atoms with E-state index < -0.39 is 11.6 Å². The van der Waals surface area contributed by atoms with E-state index in [2.05, 4.69) is 25.4 Å². The van der Waals surface area contributed by atoms with Crippen LogP contribution in [0.5, 0.6) is 11.6 Å². The summed E-state index contributed by atoms with van der Waals surface area (Å²) in [5.41, 5.74) is 2.22. The van der Waals surface area contributed by atoms with E-state index in [1.165, 1.54) is 16.5 Å². The molecule has 144 valence electrons. The van der Waals surface area contributed by atoms with Crippen LogP contribution in [0.25, 0.3) is 16.6 Å². The summed E-state index contributed by atoms with van der Waals surface area (Å²) in [4.78, 5) is 6.23. The van der Waals surface area contributed by atoms with Crippen molar-refractivity contribution in [3.63, 3.8) is 0 Å². The van der Waals surface area contributed by atoms with Crippen LogP contribution in [0, 0.1) is 18.6 Å². The average molecular weight is 384 g/mol. The molecule has 4 heterocycles. The second kappa shape index (κ2) is 6.45. The van der Waals surface area contributed by atoms with Crippen LogP contribution in [-0.4, -0.2) is 45.8 Å². The van der Waals surface area contributed by atoms with Gasteiger partial charge in [0.25, 0.3) is 0 Å². The number of hydrogen-bond donors (Lipinski definition) is 2. The molecular weight excluding hydrogens is 366 g/mol. The van der Waals surface area contributed by atoms with Crippen LogP contribution in [0.15, 0.2) is 30.6 Å². The van der Waals surface area contributed by atoms with Gasteiger partial charge in [0.1, 0.15) is 11.6 Å². The zero-order chi connectivity index (χ0) is 19.3. The van der Waals surface area contributed by atoms with E-state index in [-0.39, 0.29) is 22.7 Å². The van der Waals surface area contributed by atoms with Gasteiger partial charge in [-0.05, 0) is 19.1 Å². The summed E-state index contributed by atoms with van der Waals surface area (Å²) in [7, 11) is 0. The average Bonchev–Trinajstić information content (AvgIpc) is 3.26. The molecule has 28 heavy (non-hydrogen) atoms. The molecule has 0 radical (unpaired) electrons. The standard InChI is InChI=1S/C19H18F2N6O/c1-11-9-27-10-13(8-15(21)18(27)23-11)28-19-17-14(20)6-12(7-16(17)24-25-19)26-4-2-22-3-5-26/h6-10,22H,2-5H2,1H3,(H,24,25). The third-order valence-electron chi connectivity index (χ3n) is 4.87. The molecule has 1 fully saturated rings. The number of ether oxygens (including phenoxy) is 1. The Morgan fingerprint density at radius 1 is 1.07 bits per heavy atom. The molecule has 1 aliphatic rings. The van der Waals surface area contributed by atoms with Crippen LogP contribution in [0.1, 0.15) is 5.69 Å². The summed E-state index contributed by atoms with van der Waals surface area (Å²) < 4.78 is 36.4. The van der Waals surface area contributed by atoms with E-state index in [1.54, 1.807) is 19.3 Å². The van der Waals surface area contributed by atoms with Crippen molar-refractivity contribution >= 4 is 22.2 Å². The van der Waals surface area contributed by atoms with Crippen LogP contribution in [-0.2, 0) is 0 Å². The Hall–Kier alpha value is -3.20. The first-order valence-corrected chi connectivity index (χ1v) is 9.04. The highest BCUT2D eigenvalue weighted by atomic mass is 19.1. The van der Waals surface area contributed by atoms with Crippen molar-refractivity contribution in [3.8, 4) is 11.6 Å². The SMILES string of the molecule is Cc1cn2cc(Oc3n[nH]c4cc(N5CCNCC5)cc(F)c34)cc(F)c2n1. The number of nitrogens with one attached hydrogen (secondary N) is 2. The van der Waals surface area contributed by atoms with E-state index in [1.807, 2.05) is 6.07 Å². The highest BCUT2D eigenvalue weighted by Crippen LogP contribution is 2.33. The van der Waals surface area contributed by atoms with Gasteiger partial charge in [-0.1, -0.05) is 0 Å². The van der Waals surface area contributed by atoms with Gasteiger partial charge in [0.2, 0.25) is 5.88 Å². The maximum Gasteiger partial charge on any atom is 0.249 e. The number of aromatic amines is 1. The quantitative estimate of drug-likeness (QED) is 0.568. The van der Waals surface area contributed by atoms with E-state index in [9.17, 15) is 8.78 Å². The van der Waals surface area contributed by atoms with Crippen molar-refractivity contribution in [2.24, 2.45) is 0 Å². The van der Waals surface area contributed by atoms with Gasteiger partial charge in [0.15, 0.2) is 11.5 Å². The van der Waals surface area contributed by atoms with E-state index in [0.717, 1.165) is 31.9 Å². The normalized spacial score (nSPS) is 14.9. The van der Waals surface area contributed by atoms with Crippen molar-refractivity contribution in [3.05, 3.63) is 47.9 Å². The topological polar surface area (TPSA) is 70.5 Å². The molecule has 5 rings (SSSR count). The molecular formula is C19H18F2N6O. The van der Waals surface area contributed by atoms with Gasteiger partial charge < -0.3 is 19.4 Å². The lowest BCUT2D eigenvalue weighted by atomic mass is 10.2. The van der Waals surface area contributed by atoms with Crippen LogP contribution in [0.2, 0.25) is 0 Å². The lowest BCUT2D eigenvalue weighted by molar-refractivity contribution is 0.456. The van der Waals surface area contributed by atoms with Crippen molar-refractivity contribution < 1.29 is 13.5 Å². The van der Waals surface area contributed by atoms with Gasteiger partial charge in [-0.15, -0.1) is 5.10 Å². The third kappa shape index (κ3) is 2.84. The highest BCUT2D eigenvalue weighted by molar-refractivity contribution is 5.88. The molecule has 0 aliphatic carbocycles. The zero-order valence-electron chi connectivity index (χ0n) is 15.2. The molecule has 4 aromatic rings. The smallest absolute Gasteiger partial charge is 0.249 e. The van der Waals surface area contributed by atoms with Crippen LogP contribution in [0.3, 0.4) is 0 Å². The van der Waals surface area contributed by atoms with Gasteiger partial charge in [-0.3, -0.25) is 5.10 Å². The molecule has 0 saturated carbocycles. The maximum atomic E-state index is 14.9. The molecule has 0 bridgehead atoms. The maximum absolute atomic E-state index is 14.9. The van der Waals surface area contributed by atoms with Gasteiger partial charge in [-0.25, -0.2) is 13.8 Å². The number of benzene rings is 1. The molecule has 1 aromatic carbocycles. The molecule has 0 unspecified atom stereocenters. The number of halogens is 2. The Kier molecular flexibility index (Phi) is 3.90. The summed E-state index contributed by atoms with van der Waals surface area (Å²) in [5, 5.41) is 10.4. The molecule has 0 atom stereocenters. The van der Waals surface area contributed by atoms with Crippen molar-refractivity contribution in [2.75, 3.05) is 31.1 Å². The van der Waals surface area contributed by atoms with E-state index >= 15 is 0 Å². The Morgan fingerprint density at radius 3 is 2.71 bits per heavy atom. The predicted molar refractivity (Wildman–Crippen MR) is 101 cm³/mol. The fourth-order valence-corrected chi connectivity index (χ4v) is 3.57. The number of hydrogen-bond acceptors (Lipinski definition) is 5. The van der Waals surface area contributed by atoms with Crippen LogP contribution >= 0.6 is 0 Å². The fraction of sp³-hybridized carbons (Fsp3) is 0.263. The molecule has 9 heteroatoms. The predicted octanol–water partition coefficient (Wildman–Crippen LogP) is 3.00. The highest BCUT2D eigenvalue weighted by Gasteiger charge is 2.19. The second-order valence-electron chi connectivity index (χ2n) is 6.85. The third-order valence-corrected chi connectivity index (χ3v) is 4.87. The van der Waals surface area contributed by atoms with E-state index in [4.69, 9.17) is 4.74 Å². The Morgan fingerprint density at radius 2 is 1.89 bits per heavy atom. The van der Waals surface area contributed by atoms with Crippen molar-refractivity contribution in [1.82, 2.24) is 24.9 Å². The monoisotopic (exact) mass is 384 g/mol. The summed E-state index contributed by atoms with van der Waals surface area (Å²) >= 11 is 0. The first kappa shape index (κ1) is 16.9.